The summed E-state index contributed by atoms with van der Waals surface area (Å²) in [6.07, 6.45) is 5.28. The molecule has 0 aromatic rings. The van der Waals surface area contributed by atoms with Crippen LogP contribution in [0.5, 0.6) is 0 Å². The van der Waals surface area contributed by atoms with Crippen molar-refractivity contribution in [2.45, 2.75) is 67.2 Å². The van der Waals surface area contributed by atoms with Gasteiger partial charge in [0.05, 0.1) is 13.1 Å². The molecule has 0 unspecified atom stereocenters. The molecule has 0 saturated carbocycles. The van der Waals surface area contributed by atoms with Crippen molar-refractivity contribution in [1.29, 1.82) is 0 Å². The maximum Gasteiger partial charge on any atom is 0.0971 e. The van der Waals surface area contributed by atoms with E-state index in [1.807, 2.05) is 0 Å². The Morgan fingerprint density at radius 3 is 1.44 bits per heavy atom. The van der Waals surface area contributed by atoms with Crippen molar-refractivity contribution < 1.29 is 5.01 Å². The zero-order valence-corrected chi connectivity index (χ0v) is 13.8. The molecule has 2 nitrogen and oxygen atoms in total. The molecule has 0 aromatic carbocycles. The Kier molecular flexibility index (Phi) is 10.8. The highest BCUT2D eigenvalue weighted by Crippen LogP contribution is 1.96. The van der Waals surface area contributed by atoms with Gasteiger partial charge < -0.3 is 0 Å². The van der Waals surface area contributed by atoms with E-state index in [0.29, 0.717) is 0 Å². The molecule has 0 heterocycles. The lowest BCUT2D eigenvalue weighted by molar-refractivity contribution is -1.02. The van der Waals surface area contributed by atoms with E-state index in [1.54, 1.807) is 5.01 Å². The smallest absolute Gasteiger partial charge is 0.0971 e. The van der Waals surface area contributed by atoms with E-state index in [4.69, 9.17) is 0 Å². The fourth-order valence-electron chi connectivity index (χ4n) is 2.41. The van der Waals surface area contributed by atoms with Gasteiger partial charge in [-0.25, -0.2) is 0 Å². The van der Waals surface area contributed by atoms with Crippen LogP contribution < -0.4 is 5.01 Å². The SMILES string of the molecule is CCCCN(CCCC)[NH+](CC(C)C)CC(C)C. The van der Waals surface area contributed by atoms with Crippen molar-refractivity contribution in [3.8, 4) is 0 Å². The first-order chi connectivity index (χ1) is 8.51. The van der Waals surface area contributed by atoms with Gasteiger partial charge in [-0.1, -0.05) is 54.4 Å². The van der Waals surface area contributed by atoms with Crippen molar-refractivity contribution in [3.63, 3.8) is 0 Å². The molecule has 18 heavy (non-hydrogen) atoms. The van der Waals surface area contributed by atoms with Gasteiger partial charge in [-0.15, -0.1) is 0 Å². The molecular formula is C16H37N2+. The number of rotatable bonds is 11. The van der Waals surface area contributed by atoms with Crippen LogP contribution in [-0.2, 0) is 0 Å². The quantitative estimate of drug-likeness (QED) is 0.559. The molecule has 2 heteroatoms. The summed E-state index contributed by atoms with van der Waals surface area (Å²) in [5.41, 5.74) is 0. The van der Waals surface area contributed by atoms with Gasteiger partial charge in [0, 0.05) is 24.9 Å². The number of unbranched alkanes of at least 4 members (excludes halogenated alkanes) is 2. The Hall–Kier alpha value is -0.0800. The molecule has 0 rings (SSSR count). The molecule has 0 radical (unpaired) electrons. The minimum absolute atomic E-state index is 0.782. The first-order valence-electron chi connectivity index (χ1n) is 8.10. The molecule has 0 aliphatic heterocycles. The van der Waals surface area contributed by atoms with E-state index in [1.165, 1.54) is 51.9 Å². The van der Waals surface area contributed by atoms with E-state index in [-0.39, 0.29) is 0 Å². The summed E-state index contributed by atoms with van der Waals surface area (Å²) in [7, 11) is 0. The standard InChI is InChI=1S/C16H36N2/c1-7-9-11-17(12-10-8-2)18(13-15(3)4)14-16(5)6/h15-16H,7-14H2,1-6H3/p+1. The van der Waals surface area contributed by atoms with E-state index in [9.17, 15) is 0 Å². The highest BCUT2D eigenvalue weighted by atomic mass is 15.6. The Bertz CT molecular complexity index is 160. The van der Waals surface area contributed by atoms with E-state index >= 15 is 0 Å². The minimum atomic E-state index is 0.782. The monoisotopic (exact) mass is 257 g/mol. The zero-order valence-electron chi connectivity index (χ0n) is 13.8. The lowest BCUT2D eigenvalue weighted by Crippen LogP contribution is -3.19. The third-order valence-corrected chi connectivity index (χ3v) is 3.30. The summed E-state index contributed by atoms with van der Waals surface area (Å²) >= 11 is 0. The van der Waals surface area contributed by atoms with Gasteiger partial charge in [0.15, 0.2) is 0 Å². The molecule has 0 atom stereocenters. The molecule has 0 amide bonds. The van der Waals surface area contributed by atoms with Crippen molar-refractivity contribution >= 4 is 0 Å². The molecule has 0 aromatic heterocycles. The van der Waals surface area contributed by atoms with Crippen molar-refractivity contribution in [2.24, 2.45) is 11.8 Å². The predicted molar refractivity (Wildman–Crippen MR) is 81.8 cm³/mol. The van der Waals surface area contributed by atoms with Crippen molar-refractivity contribution in [1.82, 2.24) is 5.01 Å². The summed E-state index contributed by atoms with van der Waals surface area (Å²) in [6.45, 7) is 19.1. The Morgan fingerprint density at radius 2 is 1.17 bits per heavy atom. The summed E-state index contributed by atoms with van der Waals surface area (Å²) in [4.78, 5) is 0. The highest BCUT2D eigenvalue weighted by molar-refractivity contribution is 4.49. The van der Waals surface area contributed by atoms with E-state index in [2.05, 4.69) is 46.6 Å². The summed E-state index contributed by atoms with van der Waals surface area (Å²) < 4.78 is 0. The molecule has 0 bridgehead atoms. The molecular weight excluding hydrogens is 220 g/mol. The van der Waals surface area contributed by atoms with Gasteiger partial charge in [0.1, 0.15) is 0 Å². The average molecular weight is 257 g/mol. The van der Waals surface area contributed by atoms with Crippen LogP contribution in [0.4, 0.5) is 0 Å². The summed E-state index contributed by atoms with van der Waals surface area (Å²) in [5, 5.41) is 4.41. The number of nitrogens with zero attached hydrogens (tertiary/aromatic N) is 1. The second-order valence-electron chi connectivity index (χ2n) is 6.46. The maximum atomic E-state index is 2.70. The highest BCUT2D eigenvalue weighted by Gasteiger charge is 2.20. The van der Waals surface area contributed by atoms with Crippen molar-refractivity contribution in [3.05, 3.63) is 0 Å². The van der Waals surface area contributed by atoms with Crippen LogP contribution in [0.15, 0.2) is 0 Å². The summed E-state index contributed by atoms with van der Waals surface area (Å²) in [5.74, 6) is 1.56. The van der Waals surface area contributed by atoms with Crippen LogP contribution in [0, 0.1) is 11.8 Å². The lowest BCUT2D eigenvalue weighted by Gasteiger charge is -2.33. The third-order valence-electron chi connectivity index (χ3n) is 3.30. The molecule has 1 N–H and O–H groups in total. The van der Waals surface area contributed by atoms with Crippen LogP contribution in [0.2, 0.25) is 0 Å². The topological polar surface area (TPSA) is 7.68 Å². The molecule has 110 valence electrons. The van der Waals surface area contributed by atoms with Gasteiger partial charge in [0.25, 0.3) is 0 Å². The fourth-order valence-corrected chi connectivity index (χ4v) is 2.41. The van der Waals surface area contributed by atoms with E-state index in [0.717, 1.165) is 11.8 Å². The molecule has 0 aliphatic rings. The van der Waals surface area contributed by atoms with Crippen LogP contribution >= 0.6 is 0 Å². The Morgan fingerprint density at radius 1 is 0.778 bits per heavy atom. The first-order valence-corrected chi connectivity index (χ1v) is 8.10. The van der Waals surface area contributed by atoms with Crippen LogP contribution in [0.1, 0.15) is 67.2 Å². The van der Waals surface area contributed by atoms with Gasteiger partial charge in [0.2, 0.25) is 0 Å². The maximum absolute atomic E-state index is 2.70. The molecule has 0 spiro atoms. The average Bonchev–Trinajstić information content (AvgIpc) is 2.27. The second kappa shape index (κ2) is 10.8. The lowest BCUT2D eigenvalue weighted by atomic mass is 10.1. The number of nitrogens with one attached hydrogen (secondary N) is 1. The van der Waals surface area contributed by atoms with Crippen LogP contribution in [-0.4, -0.2) is 31.2 Å². The normalized spacial score (nSPS) is 12.3. The van der Waals surface area contributed by atoms with Gasteiger partial charge in [-0.05, 0) is 12.8 Å². The zero-order chi connectivity index (χ0) is 14.0. The number of quaternary nitrogens is 1. The van der Waals surface area contributed by atoms with Gasteiger partial charge >= 0.3 is 0 Å². The van der Waals surface area contributed by atoms with Gasteiger partial charge in [-0.3, -0.25) is 5.01 Å². The Balaban J connectivity index is 4.47. The number of hydrogen-bond donors (Lipinski definition) is 1. The molecule has 0 saturated heterocycles. The fraction of sp³-hybridized carbons (Fsp3) is 1.00. The second-order valence-corrected chi connectivity index (χ2v) is 6.46. The van der Waals surface area contributed by atoms with Crippen LogP contribution in [0.3, 0.4) is 0 Å². The Labute approximate surface area is 116 Å². The van der Waals surface area contributed by atoms with Crippen molar-refractivity contribution in [2.75, 3.05) is 26.2 Å². The number of hydrogen-bond acceptors (Lipinski definition) is 1. The third kappa shape index (κ3) is 8.93. The first kappa shape index (κ1) is 17.9. The molecule has 0 aliphatic carbocycles. The predicted octanol–water partition coefficient (Wildman–Crippen LogP) is 3.00. The van der Waals surface area contributed by atoms with E-state index < -0.39 is 0 Å². The van der Waals surface area contributed by atoms with Gasteiger partial charge in [-0.2, -0.15) is 5.01 Å². The molecule has 0 fully saturated rings. The largest absolute Gasteiger partial charge is 0.254 e. The minimum Gasteiger partial charge on any atom is -0.254 e. The van der Waals surface area contributed by atoms with Crippen LogP contribution in [0.25, 0.3) is 0 Å². The summed E-state index contributed by atoms with van der Waals surface area (Å²) in [6, 6.07) is 0.